The van der Waals surface area contributed by atoms with Crippen LogP contribution in [0.1, 0.15) is 43.9 Å². The average molecular weight is 466 g/mol. The van der Waals surface area contributed by atoms with Crippen LogP contribution in [-0.4, -0.2) is 47.6 Å². The van der Waals surface area contributed by atoms with Gasteiger partial charge in [-0.25, -0.2) is 0 Å². The summed E-state index contributed by atoms with van der Waals surface area (Å²) in [6.45, 7) is 6.32. The molecule has 0 radical (unpaired) electrons. The predicted molar refractivity (Wildman–Crippen MR) is 128 cm³/mol. The van der Waals surface area contributed by atoms with Crippen molar-refractivity contribution < 1.29 is 29.2 Å². The van der Waals surface area contributed by atoms with Gasteiger partial charge in [-0.1, -0.05) is 24.3 Å². The van der Waals surface area contributed by atoms with Crippen molar-refractivity contribution in [2.75, 3.05) is 19.5 Å². The monoisotopic (exact) mass is 465 g/mol. The maximum absolute atomic E-state index is 12.8. The van der Waals surface area contributed by atoms with E-state index >= 15 is 0 Å². The van der Waals surface area contributed by atoms with Crippen LogP contribution < -0.4 is 10.1 Å². The van der Waals surface area contributed by atoms with E-state index in [1.807, 2.05) is 12.2 Å². The number of phenols is 1. The van der Waals surface area contributed by atoms with Crippen LogP contribution in [-0.2, 0) is 19.9 Å². The number of hydrogen-bond donors (Lipinski definition) is 3. The third-order valence-electron chi connectivity index (χ3n) is 7.73. The quantitative estimate of drug-likeness (QED) is 0.621. The van der Waals surface area contributed by atoms with Crippen LogP contribution in [0.25, 0.3) is 6.08 Å². The number of ether oxygens (including phenoxy) is 3. The number of carbonyl (C=O) groups is 1. The van der Waals surface area contributed by atoms with E-state index in [9.17, 15) is 15.0 Å². The molecule has 5 rings (SSSR count). The van der Waals surface area contributed by atoms with Gasteiger partial charge < -0.3 is 29.7 Å². The van der Waals surface area contributed by atoms with E-state index < -0.39 is 23.2 Å². The van der Waals surface area contributed by atoms with E-state index in [-0.39, 0.29) is 16.9 Å². The van der Waals surface area contributed by atoms with Crippen LogP contribution >= 0.6 is 0 Å². The molecule has 2 aliphatic heterocycles. The minimum absolute atomic E-state index is 0.123. The Balaban J connectivity index is 1.60. The molecule has 3 N–H and O–H groups in total. The standard InChI is InChI=1S/C27H31NO6/c1-25(2)18-14-19(18)26(3,34-25)13-12-15-6-11-20-21(22(15)29)27(31,23(33-5)24(30)28-20)16-7-9-17(32-4)10-8-16/h6-13,18-19,23,29,31H,14H2,1-5H3,(H,28,30)/b13-12+. The van der Waals surface area contributed by atoms with Crippen molar-refractivity contribution >= 4 is 17.7 Å². The van der Waals surface area contributed by atoms with Crippen LogP contribution in [0.5, 0.6) is 11.5 Å². The van der Waals surface area contributed by atoms with Gasteiger partial charge in [0.05, 0.1) is 29.6 Å². The lowest BCUT2D eigenvalue weighted by Gasteiger charge is -2.40. The molecule has 0 aromatic heterocycles. The first-order valence-electron chi connectivity index (χ1n) is 11.5. The van der Waals surface area contributed by atoms with Crippen molar-refractivity contribution in [1.82, 2.24) is 0 Å². The fraction of sp³-hybridized carbons (Fsp3) is 0.444. The van der Waals surface area contributed by atoms with E-state index in [0.29, 0.717) is 34.4 Å². The molecule has 1 saturated carbocycles. The first kappa shape index (κ1) is 22.9. The smallest absolute Gasteiger partial charge is 0.257 e. The molecule has 0 bridgehead atoms. The van der Waals surface area contributed by atoms with Crippen molar-refractivity contribution in [1.29, 1.82) is 0 Å². The largest absolute Gasteiger partial charge is 0.507 e. The van der Waals surface area contributed by atoms with E-state index in [1.165, 1.54) is 7.11 Å². The molecule has 180 valence electrons. The molecule has 0 spiro atoms. The summed E-state index contributed by atoms with van der Waals surface area (Å²) in [4.78, 5) is 12.8. The second kappa shape index (κ2) is 7.57. The number of fused-ring (bicyclic) bond motifs is 2. The zero-order chi connectivity index (χ0) is 24.5. The van der Waals surface area contributed by atoms with Crippen molar-refractivity contribution in [2.24, 2.45) is 11.8 Å². The molecule has 2 heterocycles. The number of amides is 1. The summed E-state index contributed by atoms with van der Waals surface area (Å²) in [6.07, 6.45) is 3.69. The van der Waals surface area contributed by atoms with Crippen molar-refractivity contribution in [3.05, 3.63) is 59.2 Å². The molecule has 2 aromatic carbocycles. The Bertz CT molecular complexity index is 1170. The molecule has 1 amide bonds. The number of hydrogen-bond acceptors (Lipinski definition) is 6. The van der Waals surface area contributed by atoms with Crippen molar-refractivity contribution in [3.8, 4) is 11.5 Å². The maximum atomic E-state index is 12.8. The molecule has 3 aliphatic rings. The number of phenolic OH excluding ortho intramolecular Hbond substituents is 1. The third kappa shape index (κ3) is 3.26. The topological polar surface area (TPSA) is 97.3 Å². The fourth-order valence-corrected chi connectivity index (χ4v) is 5.90. The lowest BCUT2D eigenvalue weighted by Crippen LogP contribution is -2.52. The Morgan fingerprint density at radius 3 is 2.35 bits per heavy atom. The zero-order valence-electron chi connectivity index (χ0n) is 20.1. The SMILES string of the molecule is COc1ccc(C2(O)c3c(ccc(/C=C/C4(C)OC(C)(C)C5CC54)c3O)NC(=O)C2OC)cc1. The highest BCUT2D eigenvalue weighted by molar-refractivity contribution is 6.00. The Hall–Kier alpha value is -2.87. The number of nitrogens with one attached hydrogen (secondary N) is 1. The minimum Gasteiger partial charge on any atom is -0.507 e. The van der Waals surface area contributed by atoms with E-state index in [1.54, 1.807) is 43.5 Å². The van der Waals surface area contributed by atoms with Crippen LogP contribution in [0.4, 0.5) is 5.69 Å². The summed E-state index contributed by atoms with van der Waals surface area (Å²) in [7, 11) is 2.91. The highest BCUT2D eigenvalue weighted by Gasteiger charge is 2.64. The van der Waals surface area contributed by atoms with Gasteiger partial charge in [0.1, 0.15) is 11.5 Å². The Morgan fingerprint density at radius 2 is 1.79 bits per heavy atom. The van der Waals surface area contributed by atoms with Crippen LogP contribution in [0.15, 0.2) is 42.5 Å². The molecule has 1 aliphatic carbocycles. The lowest BCUT2D eigenvalue weighted by atomic mass is 9.76. The average Bonchev–Trinajstić information content (AvgIpc) is 3.58. The van der Waals surface area contributed by atoms with E-state index in [4.69, 9.17) is 14.2 Å². The first-order chi connectivity index (χ1) is 16.0. The molecule has 5 unspecified atom stereocenters. The van der Waals surface area contributed by atoms with Gasteiger partial charge in [-0.05, 0) is 68.9 Å². The summed E-state index contributed by atoms with van der Waals surface area (Å²) >= 11 is 0. The first-order valence-corrected chi connectivity index (χ1v) is 11.5. The normalized spacial score (nSPS) is 33.4. The summed E-state index contributed by atoms with van der Waals surface area (Å²) in [5.41, 5.74) is -1.07. The fourth-order valence-electron chi connectivity index (χ4n) is 5.90. The Labute approximate surface area is 199 Å². The molecule has 34 heavy (non-hydrogen) atoms. The Morgan fingerprint density at radius 1 is 1.09 bits per heavy atom. The van der Waals surface area contributed by atoms with Crippen molar-refractivity contribution in [2.45, 2.75) is 50.1 Å². The number of rotatable bonds is 5. The third-order valence-corrected chi connectivity index (χ3v) is 7.73. The second-order valence-corrected chi connectivity index (χ2v) is 10.2. The van der Waals surface area contributed by atoms with E-state index in [2.05, 4.69) is 26.1 Å². The van der Waals surface area contributed by atoms with Gasteiger partial charge >= 0.3 is 0 Å². The number of anilines is 1. The van der Waals surface area contributed by atoms with Gasteiger partial charge in [0.2, 0.25) is 0 Å². The molecule has 1 saturated heterocycles. The summed E-state index contributed by atoms with van der Waals surface area (Å²) in [5.74, 6) is 0.977. The van der Waals surface area contributed by atoms with Gasteiger partial charge in [-0.3, -0.25) is 4.79 Å². The molecular weight excluding hydrogens is 434 g/mol. The number of aliphatic hydroxyl groups is 1. The minimum atomic E-state index is -1.91. The number of aromatic hydroxyl groups is 1. The summed E-state index contributed by atoms with van der Waals surface area (Å²) < 4.78 is 17.0. The highest BCUT2D eigenvalue weighted by Crippen LogP contribution is 2.62. The molecule has 5 atom stereocenters. The van der Waals surface area contributed by atoms with Gasteiger partial charge in [0, 0.05) is 12.7 Å². The second-order valence-electron chi connectivity index (χ2n) is 10.2. The summed E-state index contributed by atoms with van der Waals surface area (Å²) in [6, 6.07) is 10.1. The summed E-state index contributed by atoms with van der Waals surface area (Å²) in [5, 5.41) is 26.1. The van der Waals surface area contributed by atoms with Gasteiger partial charge in [0.25, 0.3) is 5.91 Å². The molecule has 7 nitrogen and oxygen atoms in total. The molecule has 2 fully saturated rings. The zero-order valence-corrected chi connectivity index (χ0v) is 20.1. The molecular formula is C27H31NO6. The highest BCUT2D eigenvalue weighted by atomic mass is 16.5. The van der Waals surface area contributed by atoms with Crippen molar-refractivity contribution in [3.63, 3.8) is 0 Å². The molecule has 2 aromatic rings. The Kier molecular flexibility index (Phi) is 5.10. The van der Waals surface area contributed by atoms with Gasteiger partial charge in [0.15, 0.2) is 11.7 Å². The number of methoxy groups -OCH3 is 2. The van der Waals surface area contributed by atoms with Gasteiger partial charge in [-0.15, -0.1) is 0 Å². The van der Waals surface area contributed by atoms with Gasteiger partial charge in [-0.2, -0.15) is 0 Å². The lowest BCUT2D eigenvalue weighted by molar-refractivity contribution is -0.142. The van der Waals surface area contributed by atoms with Crippen LogP contribution in [0.2, 0.25) is 0 Å². The number of benzene rings is 2. The predicted octanol–water partition coefficient (Wildman–Crippen LogP) is 3.82. The molecule has 7 heteroatoms. The maximum Gasteiger partial charge on any atom is 0.257 e. The van der Waals surface area contributed by atoms with Crippen LogP contribution in [0, 0.1) is 11.8 Å². The number of carbonyl (C=O) groups excluding carboxylic acids is 1. The van der Waals surface area contributed by atoms with Crippen LogP contribution in [0.3, 0.4) is 0 Å². The van der Waals surface area contributed by atoms with E-state index in [0.717, 1.165) is 6.42 Å².